The van der Waals surface area contributed by atoms with Crippen molar-refractivity contribution < 1.29 is 31.1 Å². The summed E-state index contributed by atoms with van der Waals surface area (Å²) in [6.45, 7) is 1.94. The number of fused-ring (bicyclic) bond motifs is 1. The number of rotatable bonds is 5. The molecule has 7 heteroatoms. The van der Waals surface area contributed by atoms with Gasteiger partial charge in [0.2, 0.25) is 5.75 Å². The van der Waals surface area contributed by atoms with Crippen LogP contribution in [0.3, 0.4) is 0 Å². The van der Waals surface area contributed by atoms with E-state index in [2.05, 4.69) is 4.74 Å². The van der Waals surface area contributed by atoms with Crippen LogP contribution in [0.25, 0.3) is 0 Å². The zero-order valence-electron chi connectivity index (χ0n) is 15.3. The third kappa shape index (κ3) is 4.62. The van der Waals surface area contributed by atoms with Crippen LogP contribution in [0.5, 0.6) is 5.75 Å². The van der Waals surface area contributed by atoms with E-state index < -0.39 is 23.7 Å². The molecule has 0 bridgehead atoms. The summed E-state index contributed by atoms with van der Waals surface area (Å²) in [5.41, 5.74) is 1.92. The number of ether oxygens (including phenoxy) is 1. The molecule has 2 aromatic carbocycles. The summed E-state index contributed by atoms with van der Waals surface area (Å²) in [5.74, 6) is -4.24. The lowest BCUT2D eigenvalue weighted by Gasteiger charge is -2.26. The Kier molecular flexibility index (Phi) is 5.91. The molecule has 1 aliphatic carbocycles. The highest BCUT2D eigenvalue weighted by Gasteiger charge is 2.36. The fourth-order valence-electron chi connectivity index (χ4n) is 3.73. The monoisotopic (exact) mass is 402 g/mol. The lowest BCUT2D eigenvalue weighted by Crippen LogP contribution is -2.22. The maximum Gasteiger partial charge on any atom is 0.573 e. The fourth-order valence-corrected chi connectivity index (χ4v) is 3.73. The van der Waals surface area contributed by atoms with Crippen LogP contribution in [0.2, 0.25) is 0 Å². The molecule has 1 aliphatic rings. The molecule has 0 amide bonds. The zero-order valence-corrected chi connectivity index (χ0v) is 15.3. The van der Waals surface area contributed by atoms with Crippen molar-refractivity contribution in [2.45, 2.75) is 51.8 Å². The van der Waals surface area contributed by atoms with Gasteiger partial charge in [0.05, 0.1) is 0 Å². The van der Waals surface area contributed by atoms with Crippen LogP contribution in [-0.4, -0.2) is 6.36 Å². The maximum atomic E-state index is 14.3. The summed E-state index contributed by atoms with van der Waals surface area (Å²) in [5, 5.41) is 0. The first-order chi connectivity index (χ1) is 13.2. The second kappa shape index (κ2) is 8.05. The van der Waals surface area contributed by atoms with Crippen molar-refractivity contribution in [2.75, 3.05) is 0 Å². The van der Waals surface area contributed by atoms with E-state index in [9.17, 15) is 26.3 Å². The summed E-state index contributed by atoms with van der Waals surface area (Å²) in [4.78, 5) is 0. The van der Waals surface area contributed by atoms with Gasteiger partial charge in [0, 0.05) is 0 Å². The van der Waals surface area contributed by atoms with Gasteiger partial charge in [-0.2, -0.15) is 0 Å². The Morgan fingerprint density at radius 3 is 2.46 bits per heavy atom. The molecule has 1 unspecified atom stereocenters. The Morgan fingerprint density at radius 2 is 1.82 bits per heavy atom. The van der Waals surface area contributed by atoms with Gasteiger partial charge >= 0.3 is 6.36 Å². The van der Waals surface area contributed by atoms with Crippen LogP contribution >= 0.6 is 0 Å². The van der Waals surface area contributed by atoms with Gasteiger partial charge in [0.15, 0.2) is 11.6 Å². The normalized spacial score (nSPS) is 16.8. The Labute approximate surface area is 159 Å². The van der Waals surface area contributed by atoms with E-state index in [0.717, 1.165) is 18.1 Å². The SMILES string of the molecule is CCc1ccc(CCC2CCc3c(cc(F)c(OC(F)(F)F)c3F)C2)c(F)c1. The predicted molar refractivity (Wildman–Crippen MR) is 92.7 cm³/mol. The Balaban J connectivity index is 1.71. The van der Waals surface area contributed by atoms with Gasteiger partial charge in [-0.3, -0.25) is 0 Å². The van der Waals surface area contributed by atoms with Gasteiger partial charge in [0.25, 0.3) is 0 Å². The first-order valence-corrected chi connectivity index (χ1v) is 9.20. The third-order valence-electron chi connectivity index (χ3n) is 5.25. The average molecular weight is 402 g/mol. The molecule has 0 heterocycles. The summed E-state index contributed by atoms with van der Waals surface area (Å²) in [6, 6.07) is 6.06. The van der Waals surface area contributed by atoms with Crippen LogP contribution < -0.4 is 4.74 Å². The lowest BCUT2D eigenvalue weighted by atomic mass is 9.80. The molecule has 0 fully saturated rings. The van der Waals surface area contributed by atoms with Crippen LogP contribution in [0.4, 0.5) is 26.3 Å². The van der Waals surface area contributed by atoms with E-state index in [1.165, 1.54) is 6.07 Å². The van der Waals surface area contributed by atoms with E-state index in [-0.39, 0.29) is 23.7 Å². The quantitative estimate of drug-likeness (QED) is 0.533. The van der Waals surface area contributed by atoms with E-state index in [1.54, 1.807) is 6.07 Å². The molecule has 0 radical (unpaired) electrons. The Morgan fingerprint density at radius 1 is 1.07 bits per heavy atom. The highest BCUT2D eigenvalue weighted by Crippen LogP contribution is 2.37. The van der Waals surface area contributed by atoms with Crippen molar-refractivity contribution in [2.24, 2.45) is 5.92 Å². The van der Waals surface area contributed by atoms with Gasteiger partial charge in [-0.25, -0.2) is 13.2 Å². The summed E-state index contributed by atoms with van der Waals surface area (Å²) < 4.78 is 83.0. The van der Waals surface area contributed by atoms with Gasteiger partial charge in [-0.15, -0.1) is 13.2 Å². The maximum absolute atomic E-state index is 14.3. The molecule has 2 aromatic rings. The minimum atomic E-state index is -5.16. The number of halogens is 6. The molecule has 0 aliphatic heterocycles. The molecule has 0 spiro atoms. The number of hydrogen-bond acceptors (Lipinski definition) is 1. The van der Waals surface area contributed by atoms with Gasteiger partial charge < -0.3 is 4.74 Å². The predicted octanol–water partition coefficient (Wildman–Crippen LogP) is 6.30. The second-order valence-electron chi connectivity index (χ2n) is 7.11. The van der Waals surface area contributed by atoms with Crippen LogP contribution in [0.15, 0.2) is 24.3 Å². The van der Waals surface area contributed by atoms with Gasteiger partial charge in [-0.1, -0.05) is 19.1 Å². The standard InChI is InChI=1S/C21H20F6O/c1-2-12-3-6-14(17(22)10-12)7-4-13-5-8-16-15(9-13)11-18(23)20(19(16)24)28-21(25,26)27/h3,6,10-11,13H,2,4-5,7-9H2,1H3. The summed E-state index contributed by atoms with van der Waals surface area (Å²) in [6.07, 6.45) is -2.22. The van der Waals surface area contributed by atoms with Crippen LogP contribution in [0.1, 0.15) is 42.0 Å². The fraction of sp³-hybridized carbons (Fsp3) is 0.429. The minimum Gasteiger partial charge on any atom is -0.399 e. The highest BCUT2D eigenvalue weighted by molar-refractivity contribution is 5.41. The number of alkyl halides is 3. The van der Waals surface area contributed by atoms with E-state index >= 15 is 0 Å². The number of hydrogen-bond donors (Lipinski definition) is 0. The molecular weight excluding hydrogens is 382 g/mol. The number of benzene rings is 2. The number of aryl methyl sites for hydroxylation is 2. The van der Waals surface area contributed by atoms with Crippen LogP contribution in [0, 0.1) is 23.4 Å². The van der Waals surface area contributed by atoms with Crippen molar-refractivity contribution in [3.05, 3.63) is 64.0 Å². The van der Waals surface area contributed by atoms with E-state index in [4.69, 9.17) is 0 Å². The zero-order chi connectivity index (χ0) is 20.5. The van der Waals surface area contributed by atoms with Crippen molar-refractivity contribution in [3.63, 3.8) is 0 Å². The van der Waals surface area contributed by atoms with Gasteiger partial charge in [-0.05, 0) is 78.8 Å². The highest BCUT2D eigenvalue weighted by atomic mass is 19.4. The lowest BCUT2D eigenvalue weighted by molar-refractivity contribution is -0.276. The molecule has 0 saturated carbocycles. The summed E-state index contributed by atoms with van der Waals surface area (Å²) >= 11 is 0. The first-order valence-electron chi connectivity index (χ1n) is 9.20. The second-order valence-corrected chi connectivity index (χ2v) is 7.11. The Hall–Kier alpha value is -2.18. The van der Waals surface area contributed by atoms with E-state index in [0.29, 0.717) is 36.8 Å². The first kappa shape index (κ1) is 20.6. The van der Waals surface area contributed by atoms with Crippen molar-refractivity contribution in [1.29, 1.82) is 0 Å². The molecule has 0 N–H and O–H groups in total. The average Bonchev–Trinajstić information content (AvgIpc) is 2.63. The van der Waals surface area contributed by atoms with Crippen LogP contribution in [-0.2, 0) is 25.7 Å². The minimum absolute atomic E-state index is 0.0652. The van der Waals surface area contributed by atoms with Gasteiger partial charge in [0.1, 0.15) is 5.82 Å². The molecule has 0 aromatic heterocycles. The topological polar surface area (TPSA) is 9.23 Å². The molecule has 1 atom stereocenters. The van der Waals surface area contributed by atoms with Crippen molar-refractivity contribution in [1.82, 2.24) is 0 Å². The van der Waals surface area contributed by atoms with Crippen molar-refractivity contribution in [3.8, 4) is 5.75 Å². The van der Waals surface area contributed by atoms with Crippen molar-refractivity contribution >= 4 is 0 Å². The molecule has 152 valence electrons. The molecule has 0 saturated heterocycles. The Bertz CT molecular complexity index is 859. The molecular formula is C21H20F6O. The van der Waals surface area contributed by atoms with E-state index in [1.807, 2.05) is 13.0 Å². The molecule has 1 nitrogen and oxygen atoms in total. The summed E-state index contributed by atoms with van der Waals surface area (Å²) in [7, 11) is 0. The molecule has 3 rings (SSSR count). The molecule has 28 heavy (non-hydrogen) atoms. The third-order valence-corrected chi connectivity index (χ3v) is 5.25. The smallest absolute Gasteiger partial charge is 0.399 e. The largest absolute Gasteiger partial charge is 0.573 e.